The lowest BCUT2D eigenvalue weighted by Gasteiger charge is -2.29. The van der Waals surface area contributed by atoms with Gasteiger partial charge >= 0.3 is 12.3 Å². The Morgan fingerprint density at radius 1 is 1.03 bits per heavy atom. The van der Waals surface area contributed by atoms with E-state index in [2.05, 4.69) is 10.1 Å². The van der Waals surface area contributed by atoms with Gasteiger partial charge in [-0.15, -0.1) is 0 Å². The zero-order valence-corrected chi connectivity index (χ0v) is 18.5. The number of rotatable bonds is 5. The number of aromatic nitrogens is 1. The molecule has 0 N–H and O–H groups in total. The van der Waals surface area contributed by atoms with Crippen molar-refractivity contribution in [2.75, 3.05) is 7.11 Å². The molecule has 4 rings (SSSR count). The maximum atomic E-state index is 14.0. The van der Waals surface area contributed by atoms with E-state index in [1.165, 1.54) is 54.7 Å². The van der Waals surface area contributed by atoms with Crippen LogP contribution in [0.25, 0.3) is 0 Å². The molecule has 1 unspecified atom stereocenters. The number of methoxy groups -OCH3 is 1. The number of ether oxygens (including phenoxy) is 1. The summed E-state index contributed by atoms with van der Waals surface area (Å²) in [5, 5.41) is 3.73. The third kappa shape index (κ3) is 4.72. The minimum Gasteiger partial charge on any atom is -0.452 e. The molecule has 1 aromatic heterocycles. The van der Waals surface area contributed by atoms with Crippen LogP contribution in [0.1, 0.15) is 33.6 Å². The number of oxime groups is 1. The van der Waals surface area contributed by atoms with Gasteiger partial charge in [0.05, 0.1) is 25.1 Å². The number of benzene rings is 2. The minimum absolute atomic E-state index is 0.0544. The quantitative estimate of drug-likeness (QED) is 0.506. The summed E-state index contributed by atoms with van der Waals surface area (Å²) in [4.78, 5) is 35.2. The SMILES string of the molecule is COC(=O)N(Cc1ccccn1)C(=O)c1ccc(C2=NOC(c3ccccc3)(C(F)(F)F)C2)cc1. The molecule has 0 radical (unpaired) electrons. The van der Waals surface area contributed by atoms with Gasteiger partial charge in [0.15, 0.2) is 0 Å². The Hall–Kier alpha value is -4.21. The highest BCUT2D eigenvalue weighted by Crippen LogP contribution is 2.48. The summed E-state index contributed by atoms with van der Waals surface area (Å²) >= 11 is 0. The lowest BCUT2D eigenvalue weighted by Crippen LogP contribution is -2.42. The van der Waals surface area contributed by atoms with E-state index in [-0.39, 0.29) is 23.4 Å². The normalized spacial score (nSPS) is 17.3. The first-order valence-corrected chi connectivity index (χ1v) is 10.5. The molecule has 0 spiro atoms. The van der Waals surface area contributed by atoms with Crippen LogP contribution < -0.4 is 0 Å². The van der Waals surface area contributed by atoms with E-state index in [1.54, 1.807) is 24.3 Å². The zero-order valence-electron chi connectivity index (χ0n) is 18.5. The van der Waals surface area contributed by atoms with Gasteiger partial charge in [0.25, 0.3) is 11.5 Å². The standard InChI is InChI=1S/C25H20F3N3O4/c1-34-23(33)31(16-20-9-5-6-14-29-20)22(32)18-12-10-17(11-13-18)21-15-24(35-30-21,25(26,27)28)19-7-3-2-4-8-19/h2-14H,15-16H2,1H3. The first kappa shape index (κ1) is 23.9. The van der Waals surface area contributed by atoms with Gasteiger partial charge < -0.3 is 9.57 Å². The molecule has 10 heteroatoms. The topological polar surface area (TPSA) is 81.1 Å². The number of pyridine rings is 1. The van der Waals surface area contributed by atoms with Crippen LogP contribution >= 0.6 is 0 Å². The number of nitrogens with zero attached hydrogens (tertiary/aromatic N) is 3. The molecule has 1 aliphatic heterocycles. The molecule has 7 nitrogen and oxygen atoms in total. The fourth-order valence-electron chi connectivity index (χ4n) is 3.71. The Balaban J connectivity index is 1.55. The summed E-state index contributed by atoms with van der Waals surface area (Å²) in [7, 11) is 1.15. The molecule has 1 aliphatic rings. The highest BCUT2D eigenvalue weighted by molar-refractivity contribution is 6.05. The number of carbonyl (C=O) groups is 2. The molecular formula is C25H20F3N3O4. The van der Waals surface area contributed by atoms with E-state index >= 15 is 0 Å². The number of halogens is 3. The molecule has 35 heavy (non-hydrogen) atoms. The summed E-state index contributed by atoms with van der Waals surface area (Å²) in [5.41, 5.74) is -1.59. The van der Waals surface area contributed by atoms with Gasteiger partial charge in [-0.1, -0.05) is 53.7 Å². The Bertz CT molecular complexity index is 1230. The van der Waals surface area contributed by atoms with Gasteiger partial charge in [0.2, 0.25) is 0 Å². The summed E-state index contributed by atoms with van der Waals surface area (Å²) < 4.78 is 46.8. The van der Waals surface area contributed by atoms with E-state index < -0.39 is 30.2 Å². The van der Waals surface area contributed by atoms with Crippen LogP contribution in [0.3, 0.4) is 0 Å². The van der Waals surface area contributed by atoms with Gasteiger partial charge in [0, 0.05) is 23.7 Å². The number of alkyl halides is 3. The van der Waals surface area contributed by atoms with Gasteiger partial charge in [-0.25, -0.2) is 9.69 Å². The molecular weight excluding hydrogens is 463 g/mol. The van der Waals surface area contributed by atoms with Crippen molar-refractivity contribution in [2.45, 2.75) is 24.7 Å². The van der Waals surface area contributed by atoms with Crippen molar-refractivity contribution in [1.29, 1.82) is 0 Å². The molecule has 2 amide bonds. The molecule has 2 aromatic carbocycles. The largest absolute Gasteiger partial charge is 0.452 e. The Labute approximate surface area is 198 Å². The molecule has 0 saturated heterocycles. The third-order valence-corrected chi connectivity index (χ3v) is 5.58. The Kier molecular flexibility index (Phi) is 6.54. The van der Waals surface area contributed by atoms with Crippen LogP contribution in [0.2, 0.25) is 0 Å². The van der Waals surface area contributed by atoms with Crippen LogP contribution in [-0.4, -0.2) is 40.9 Å². The molecule has 0 saturated carbocycles. The number of hydrogen-bond donors (Lipinski definition) is 0. The summed E-state index contributed by atoms with van der Waals surface area (Å²) in [6.45, 7) is -0.111. The zero-order chi connectivity index (χ0) is 25.1. The van der Waals surface area contributed by atoms with Crippen molar-refractivity contribution in [3.63, 3.8) is 0 Å². The maximum absolute atomic E-state index is 14.0. The van der Waals surface area contributed by atoms with Gasteiger partial charge in [-0.05, 0) is 29.8 Å². The number of hydrogen-bond acceptors (Lipinski definition) is 6. The number of imide groups is 1. The highest BCUT2D eigenvalue weighted by atomic mass is 19.4. The predicted octanol–water partition coefficient (Wildman–Crippen LogP) is 5.07. The van der Waals surface area contributed by atoms with Crippen molar-refractivity contribution >= 4 is 17.7 Å². The Morgan fingerprint density at radius 2 is 1.71 bits per heavy atom. The molecule has 2 heterocycles. The fraction of sp³-hybridized carbons (Fsp3) is 0.200. The third-order valence-electron chi connectivity index (χ3n) is 5.58. The van der Waals surface area contributed by atoms with Crippen molar-refractivity contribution in [3.05, 3.63) is 101 Å². The predicted molar refractivity (Wildman–Crippen MR) is 119 cm³/mol. The monoisotopic (exact) mass is 483 g/mol. The molecule has 0 bridgehead atoms. The number of carbonyl (C=O) groups excluding carboxylic acids is 2. The molecule has 1 atom stereocenters. The Morgan fingerprint density at radius 3 is 2.31 bits per heavy atom. The second-order valence-corrected chi connectivity index (χ2v) is 7.76. The lowest BCUT2D eigenvalue weighted by molar-refractivity contribution is -0.275. The highest BCUT2D eigenvalue weighted by Gasteiger charge is 2.62. The van der Waals surface area contributed by atoms with Crippen LogP contribution in [-0.2, 0) is 21.7 Å². The second kappa shape index (κ2) is 9.57. The second-order valence-electron chi connectivity index (χ2n) is 7.76. The van der Waals surface area contributed by atoms with Crippen LogP contribution in [0.5, 0.6) is 0 Å². The van der Waals surface area contributed by atoms with Crippen LogP contribution in [0.4, 0.5) is 18.0 Å². The fourth-order valence-corrected chi connectivity index (χ4v) is 3.71. The van der Waals surface area contributed by atoms with E-state index in [0.29, 0.717) is 11.3 Å². The van der Waals surface area contributed by atoms with Crippen molar-refractivity contribution in [2.24, 2.45) is 5.16 Å². The maximum Gasteiger partial charge on any atom is 0.435 e. The minimum atomic E-state index is -4.71. The average Bonchev–Trinajstić information content (AvgIpc) is 3.35. The van der Waals surface area contributed by atoms with E-state index in [0.717, 1.165) is 12.0 Å². The first-order valence-electron chi connectivity index (χ1n) is 10.5. The van der Waals surface area contributed by atoms with Gasteiger partial charge in [-0.3, -0.25) is 9.78 Å². The van der Waals surface area contributed by atoms with Crippen molar-refractivity contribution in [3.8, 4) is 0 Å². The van der Waals surface area contributed by atoms with E-state index in [9.17, 15) is 22.8 Å². The van der Waals surface area contributed by atoms with Crippen molar-refractivity contribution < 1.29 is 32.3 Å². The smallest absolute Gasteiger partial charge is 0.435 e. The summed E-state index contributed by atoms with van der Waals surface area (Å²) in [6.07, 6.45) is -4.56. The molecule has 180 valence electrons. The summed E-state index contributed by atoms with van der Waals surface area (Å²) in [5.74, 6) is -0.646. The van der Waals surface area contributed by atoms with Crippen molar-refractivity contribution in [1.82, 2.24) is 9.88 Å². The van der Waals surface area contributed by atoms with E-state index in [1.807, 2.05) is 0 Å². The molecule has 0 fully saturated rings. The van der Waals surface area contributed by atoms with E-state index in [4.69, 9.17) is 9.57 Å². The summed E-state index contributed by atoms with van der Waals surface area (Å²) in [6, 6.07) is 18.1. The molecule has 3 aromatic rings. The first-order chi connectivity index (χ1) is 16.7. The van der Waals surface area contributed by atoms with Crippen LogP contribution in [0, 0.1) is 0 Å². The van der Waals surface area contributed by atoms with Gasteiger partial charge in [0.1, 0.15) is 0 Å². The molecule has 0 aliphatic carbocycles. The van der Waals surface area contributed by atoms with Crippen LogP contribution in [0.15, 0.2) is 84.1 Å². The van der Waals surface area contributed by atoms with Gasteiger partial charge in [-0.2, -0.15) is 13.2 Å². The number of amides is 2. The average molecular weight is 483 g/mol. The lowest BCUT2D eigenvalue weighted by atomic mass is 9.86.